The Balaban J connectivity index is 1.43. The topological polar surface area (TPSA) is 128 Å². The molecule has 10 nitrogen and oxygen atoms in total. The maximum atomic E-state index is 13.0. The van der Waals surface area contributed by atoms with Gasteiger partial charge in [0.2, 0.25) is 5.91 Å². The SMILES string of the molecule is [2H]c1cnc(N)c2c(-c3ccc(C(=O)Nc4cc(C(F)(F)F)ccn4)cc3)nc([C@@H]3CCCN(C(=O)CCOC)C3)n12. The fraction of sp³-hybridized carbons (Fsp3) is 0.321. The molecule has 4 heterocycles. The molecule has 13 heteroatoms. The van der Waals surface area contributed by atoms with Crippen LogP contribution in [-0.4, -0.2) is 62.9 Å². The Morgan fingerprint density at radius 1 is 1.20 bits per heavy atom. The number of nitrogens with zero attached hydrogens (tertiary/aromatic N) is 5. The van der Waals surface area contributed by atoms with Gasteiger partial charge in [-0.05, 0) is 37.1 Å². The number of hydrogen-bond acceptors (Lipinski definition) is 7. The number of carbonyl (C=O) groups excluding carboxylic acids is 2. The molecular formula is C28H28F3N7O3. The van der Waals surface area contributed by atoms with E-state index in [9.17, 15) is 22.8 Å². The van der Waals surface area contributed by atoms with E-state index in [-0.39, 0.29) is 41.6 Å². The monoisotopic (exact) mass is 568 g/mol. The number of amides is 2. The molecule has 0 bridgehead atoms. The van der Waals surface area contributed by atoms with Crippen molar-refractivity contribution in [1.29, 1.82) is 0 Å². The number of benzene rings is 1. The van der Waals surface area contributed by atoms with Crippen LogP contribution in [0.3, 0.4) is 0 Å². The Hall–Kier alpha value is -4.52. The molecule has 4 aromatic rings. The summed E-state index contributed by atoms with van der Waals surface area (Å²) in [6.07, 6.45) is -0.355. The Kier molecular flexibility index (Phi) is 7.51. The summed E-state index contributed by atoms with van der Waals surface area (Å²) in [6.45, 7) is 1.40. The first kappa shape index (κ1) is 26.7. The zero-order valence-corrected chi connectivity index (χ0v) is 22.1. The molecular weight excluding hydrogens is 539 g/mol. The van der Waals surface area contributed by atoms with Gasteiger partial charge >= 0.3 is 6.18 Å². The van der Waals surface area contributed by atoms with Gasteiger partial charge in [0.15, 0.2) is 0 Å². The number of aromatic nitrogens is 4. The van der Waals surface area contributed by atoms with Crippen LogP contribution in [-0.2, 0) is 15.7 Å². The van der Waals surface area contributed by atoms with Gasteiger partial charge in [-0.15, -0.1) is 0 Å². The molecule has 5 rings (SSSR count). The van der Waals surface area contributed by atoms with E-state index in [1.54, 1.807) is 28.5 Å². The van der Waals surface area contributed by atoms with Gasteiger partial charge in [0, 0.05) is 55.8 Å². The van der Waals surface area contributed by atoms with Crippen molar-refractivity contribution in [3.05, 3.63) is 71.9 Å². The van der Waals surface area contributed by atoms with Crippen LogP contribution in [0.15, 0.2) is 55.0 Å². The first-order valence-electron chi connectivity index (χ1n) is 13.4. The molecule has 1 saturated heterocycles. The molecule has 1 aliphatic rings. The van der Waals surface area contributed by atoms with E-state index in [1.165, 1.54) is 18.3 Å². The molecule has 0 aliphatic carbocycles. The summed E-state index contributed by atoms with van der Waals surface area (Å²) in [5, 5.41) is 2.38. The number of nitrogens with one attached hydrogen (secondary N) is 1. The highest BCUT2D eigenvalue weighted by Gasteiger charge is 2.31. The van der Waals surface area contributed by atoms with Gasteiger partial charge in [0.05, 0.1) is 20.0 Å². The lowest BCUT2D eigenvalue weighted by Gasteiger charge is -2.32. The van der Waals surface area contributed by atoms with Crippen molar-refractivity contribution in [3.63, 3.8) is 0 Å². The lowest BCUT2D eigenvalue weighted by molar-refractivity contribution is -0.137. The molecule has 3 aromatic heterocycles. The molecule has 0 unspecified atom stereocenters. The van der Waals surface area contributed by atoms with E-state index in [2.05, 4.69) is 15.3 Å². The van der Waals surface area contributed by atoms with Crippen LogP contribution in [0.4, 0.5) is 24.8 Å². The fourth-order valence-corrected chi connectivity index (χ4v) is 4.90. The number of nitrogen functional groups attached to an aromatic ring is 1. The normalized spacial score (nSPS) is 16.0. The molecule has 1 aromatic carbocycles. The number of halogens is 3. The highest BCUT2D eigenvalue weighted by molar-refractivity contribution is 6.04. The Morgan fingerprint density at radius 3 is 2.71 bits per heavy atom. The van der Waals surface area contributed by atoms with E-state index < -0.39 is 17.6 Å². The van der Waals surface area contributed by atoms with Crippen LogP contribution < -0.4 is 11.1 Å². The summed E-state index contributed by atoms with van der Waals surface area (Å²) in [5.41, 5.74) is 7.01. The fourth-order valence-electron chi connectivity index (χ4n) is 4.90. The number of fused-ring (bicyclic) bond motifs is 1. The van der Waals surface area contributed by atoms with E-state index in [0.717, 1.165) is 31.2 Å². The number of carbonyl (C=O) groups is 2. The van der Waals surface area contributed by atoms with Crippen LogP contribution in [0, 0.1) is 0 Å². The smallest absolute Gasteiger partial charge is 0.384 e. The number of nitrogens with two attached hydrogens (primary N) is 1. The van der Waals surface area contributed by atoms with Gasteiger partial charge in [-0.25, -0.2) is 15.0 Å². The molecule has 0 radical (unpaired) electrons. The summed E-state index contributed by atoms with van der Waals surface area (Å²) < 4.78 is 54.3. The number of anilines is 2. The molecule has 3 N–H and O–H groups in total. The van der Waals surface area contributed by atoms with Crippen molar-refractivity contribution in [2.75, 3.05) is 37.9 Å². The van der Waals surface area contributed by atoms with Gasteiger partial charge in [0.25, 0.3) is 5.91 Å². The first-order chi connectivity index (χ1) is 20.1. The molecule has 1 fully saturated rings. The largest absolute Gasteiger partial charge is 0.416 e. The number of imidazole rings is 1. The Morgan fingerprint density at radius 2 is 1.98 bits per heavy atom. The zero-order valence-electron chi connectivity index (χ0n) is 23.1. The minimum absolute atomic E-state index is 0.0101. The van der Waals surface area contributed by atoms with E-state index >= 15 is 0 Å². The second kappa shape index (κ2) is 11.5. The van der Waals surface area contributed by atoms with Crippen molar-refractivity contribution in [1.82, 2.24) is 24.3 Å². The lowest BCUT2D eigenvalue weighted by atomic mass is 9.97. The van der Waals surface area contributed by atoms with Gasteiger partial charge < -0.3 is 20.7 Å². The molecule has 1 atom stereocenters. The van der Waals surface area contributed by atoms with Gasteiger partial charge in [0.1, 0.15) is 28.7 Å². The maximum absolute atomic E-state index is 13.0. The van der Waals surface area contributed by atoms with E-state index in [4.69, 9.17) is 16.8 Å². The predicted octanol–water partition coefficient (Wildman–Crippen LogP) is 4.39. The summed E-state index contributed by atoms with van der Waals surface area (Å²) in [5.74, 6) is -0.278. The van der Waals surface area contributed by atoms with Crippen LogP contribution in [0.2, 0.25) is 0 Å². The third-order valence-electron chi connectivity index (χ3n) is 6.95. The average Bonchev–Trinajstić information content (AvgIpc) is 3.40. The Labute approximate surface area is 234 Å². The quantitative estimate of drug-likeness (QED) is 0.339. The van der Waals surface area contributed by atoms with Crippen LogP contribution in [0.25, 0.3) is 16.8 Å². The van der Waals surface area contributed by atoms with Crippen molar-refractivity contribution in [2.45, 2.75) is 31.4 Å². The summed E-state index contributed by atoms with van der Waals surface area (Å²) in [6, 6.07) is 7.87. The van der Waals surface area contributed by atoms with Crippen LogP contribution in [0.5, 0.6) is 0 Å². The van der Waals surface area contributed by atoms with E-state index in [0.29, 0.717) is 42.3 Å². The van der Waals surface area contributed by atoms with Gasteiger partial charge in [-0.1, -0.05) is 12.1 Å². The van der Waals surface area contributed by atoms with Crippen LogP contribution in [0.1, 0.15) is 48.3 Å². The zero-order chi connectivity index (χ0) is 30.0. The highest BCUT2D eigenvalue weighted by Crippen LogP contribution is 2.34. The maximum Gasteiger partial charge on any atom is 0.416 e. The standard InChI is InChI=1S/C28H28F3N7O3/c1-41-14-9-22(39)37-12-2-3-19(16-37)26-36-23(24-25(32)34-11-13-38(24)26)17-4-6-18(7-5-17)27(40)35-21-15-20(8-10-33-21)28(29,30)31/h4-8,10-11,13,15,19H,2-3,9,12,14,16H2,1H3,(H2,32,34)(H,33,35,40)/t19-/m1/s1/i13D. The number of ether oxygens (including phenoxy) is 1. The van der Waals surface area contributed by atoms with Gasteiger partial charge in [-0.2, -0.15) is 13.2 Å². The molecule has 0 spiro atoms. The number of pyridine rings is 1. The van der Waals surface area contributed by atoms with Gasteiger partial charge in [-0.3, -0.25) is 14.0 Å². The lowest BCUT2D eigenvalue weighted by Crippen LogP contribution is -2.39. The van der Waals surface area contributed by atoms with Crippen molar-refractivity contribution in [2.24, 2.45) is 0 Å². The number of rotatable bonds is 7. The third-order valence-corrected chi connectivity index (χ3v) is 6.95. The minimum Gasteiger partial charge on any atom is -0.384 e. The average molecular weight is 569 g/mol. The van der Waals surface area contributed by atoms with Crippen molar-refractivity contribution in [3.8, 4) is 11.3 Å². The summed E-state index contributed by atoms with van der Waals surface area (Å²) in [4.78, 5) is 40.0. The summed E-state index contributed by atoms with van der Waals surface area (Å²) in [7, 11) is 1.55. The third kappa shape index (κ3) is 5.99. The molecule has 41 heavy (non-hydrogen) atoms. The molecule has 1 aliphatic heterocycles. The second-order valence-electron chi connectivity index (χ2n) is 9.66. The molecule has 214 valence electrons. The predicted molar refractivity (Wildman–Crippen MR) is 145 cm³/mol. The molecule has 0 saturated carbocycles. The number of alkyl halides is 3. The van der Waals surface area contributed by atoms with E-state index in [1.807, 2.05) is 0 Å². The molecule has 2 amide bonds. The Bertz CT molecular complexity index is 1630. The minimum atomic E-state index is -4.57. The summed E-state index contributed by atoms with van der Waals surface area (Å²) >= 11 is 0. The first-order valence-corrected chi connectivity index (χ1v) is 12.9. The number of likely N-dealkylation sites (tertiary alicyclic amines) is 1. The second-order valence-corrected chi connectivity index (χ2v) is 9.66. The van der Waals surface area contributed by atoms with Crippen molar-refractivity contribution >= 4 is 29.0 Å². The number of methoxy groups -OCH3 is 1. The van der Waals surface area contributed by atoms with Crippen LogP contribution >= 0.6 is 0 Å². The number of hydrogen-bond donors (Lipinski definition) is 2. The highest BCUT2D eigenvalue weighted by atomic mass is 19.4. The number of piperidine rings is 1. The van der Waals surface area contributed by atoms with Crippen molar-refractivity contribution < 1.29 is 28.9 Å².